The maximum atomic E-state index is 10.9. The average Bonchev–Trinajstić information content (AvgIpc) is 2.37. The first-order valence-electron chi connectivity index (χ1n) is 6.97. The summed E-state index contributed by atoms with van der Waals surface area (Å²) < 4.78 is 5.80. The Morgan fingerprint density at radius 3 is 2.95 bits per heavy atom. The monoisotopic (exact) mass is 263 g/mol. The molecule has 0 amide bonds. The van der Waals surface area contributed by atoms with Crippen molar-refractivity contribution in [1.29, 1.82) is 0 Å². The highest BCUT2D eigenvalue weighted by molar-refractivity contribution is 5.41. The number of ether oxygens (including phenoxy) is 1. The Balaban J connectivity index is 2.26. The van der Waals surface area contributed by atoms with Gasteiger partial charge in [0.2, 0.25) is 6.54 Å². The summed E-state index contributed by atoms with van der Waals surface area (Å²) in [6.45, 7) is 4.77. The van der Waals surface area contributed by atoms with E-state index in [1.807, 2.05) is 25.1 Å². The third-order valence-corrected chi connectivity index (χ3v) is 3.86. The molecule has 0 aromatic heterocycles. The van der Waals surface area contributed by atoms with Crippen molar-refractivity contribution < 1.29 is 9.66 Å². The lowest BCUT2D eigenvalue weighted by Gasteiger charge is -2.31. The molecular formula is C15H21NO3. The normalized spacial score (nSPS) is 21.6. The molecule has 0 bridgehead atoms. The largest absolute Gasteiger partial charge is 0.493 e. The molecule has 1 heterocycles. The van der Waals surface area contributed by atoms with Gasteiger partial charge in [-0.1, -0.05) is 31.9 Å². The van der Waals surface area contributed by atoms with Crippen LogP contribution in [0.25, 0.3) is 0 Å². The van der Waals surface area contributed by atoms with Crippen LogP contribution in [-0.4, -0.2) is 18.1 Å². The highest BCUT2D eigenvalue weighted by Crippen LogP contribution is 2.39. The van der Waals surface area contributed by atoms with Crippen LogP contribution in [0.2, 0.25) is 0 Å². The standard InChI is InChI=1S/C15H21NO3/c1-3-4-5-12-10-19-15-8-11(2)6-7-13(15)14(12)9-16(17)18/h6-8,12,14H,3-5,9-10H2,1-2H3/t12-,14-/m1/s1. The number of unbranched alkanes of at least 4 members (excludes halogenated alkanes) is 1. The van der Waals surface area contributed by atoms with Gasteiger partial charge in [0.05, 0.1) is 12.5 Å². The van der Waals surface area contributed by atoms with Crippen molar-refractivity contribution in [1.82, 2.24) is 0 Å². The lowest BCUT2D eigenvalue weighted by atomic mass is 9.81. The molecule has 0 radical (unpaired) electrons. The zero-order chi connectivity index (χ0) is 13.8. The van der Waals surface area contributed by atoms with Gasteiger partial charge in [0.15, 0.2) is 0 Å². The fourth-order valence-electron chi connectivity index (χ4n) is 2.80. The summed E-state index contributed by atoms with van der Waals surface area (Å²) in [5.74, 6) is 1.09. The second kappa shape index (κ2) is 6.04. The molecule has 4 nitrogen and oxygen atoms in total. The van der Waals surface area contributed by atoms with Crippen molar-refractivity contribution in [2.75, 3.05) is 13.2 Å². The molecule has 19 heavy (non-hydrogen) atoms. The highest BCUT2D eigenvalue weighted by atomic mass is 16.6. The molecule has 104 valence electrons. The molecule has 2 atom stereocenters. The number of fused-ring (bicyclic) bond motifs is 1. The van der Waals surface area contributed by atoms with Gasteiger partial charge in [0.25, 0.3) is 0 Å². The van der Waals surface area contributed by atoms with Crippen LogP contribution < -0.4 is 4.74 Å². The molecule has 1 aliphatic heterocycles. The topological polar surface area (TPSA) is 52.4 Å². The minimum atomic E-state index is -0.196. The van der Waals surface area contributed by atoms with Crippen molar-refractivity contribution in [2.24, 2.45) is 5.92 Å². The lowest BCUT2D eigenvalue weighted by Crippen LogP contribution is -2.30. The van der Waals surface area contributed by atoms with Crippen LogP contribution in [0.1, 0.15) is 43.2 Å². The fourth-order valence-corrected chi connectivity index (χ4v) is 2.80. The molecule has 1 aromatic carbocycles. The molecule has 0 aliphatic carbocycles. The third kappa shape index (κ3) is 3.25. The Bertz CT molecular complexity index is 459. The number of rotatable bonds is 5. The molecule has 0 fully saturated rings. The molecule has 1 aromatic rings. The van der Waals surface area contributed by atoms with Crippen LogP contribution in [-0.2, 0) is 0 Å². The smallest absolute Gasteiger partial charge is 0.211 e. The maximum Gasteiger partial charge on any atom is 0.211 e. The van der Waals surface area contributed by atoms with Crippen LogP contribution in [0, 0.1) is 23.0 Å². The van der Waals surface area contributed by atoms with Crippen LogP contribution in [0.5, 0.6) is 5.75 Å². The first-order valence-corrected chi connectivity index (χ1v) is 6.97. The van der Waals surface area contributed by atoms with Gasteiger partial charge in [0, 0.05) is 16.4 Å². The van der Waals surface area contributed by atoms with Gasteiger partial charge in [-0.15, -0.1) is 0 Å². The molecule has 0 unspecified atom stereocenters. The molecule has 1 aliphatic rings. The lowest BCUT2D eigenvalue weighted by molar-refractivity contribution is -0.485. The zero-order valence-electron chi connectivity index (χ0n) is 11.6. The minimum absolute atomic E-state index is 0.00774. The highest BCUT2D eigenvalue weighted by Gasteiger charge is 2.34. The fraction of sp³-hybridized carbons (Fsp3) is 0.600. The van der Waals surface area contributed by atoms with E-state index in [4.69, 9.17) is 4.74 Å². The molecule has 2 rings (SSSR count). The SMILES string of the molecule is CCCC[C@@H]1COc2cc(C)ccc2[C@@H]1C[N+](=O)[O-]. The van der Waals surface area contributed by atoms with Gasteiger partial charge in [-0.3, -0.25) is 10.1 Å². The van der Waals surface area contributed by atoms with Gasteiger partial charge < -0.3 is 4.74 Å². The minimum Gasteiger partial charge on any atom is -0.493 e. The quantitative estimate of drug-likeness (QED) is 0.603. The second-order valence-electron chi connectivity index (χ2n) is 5.38. The van der Waals surface area contributed by atoms with E-state index >= 15 is 0 Å². The predicted molar refractivity (Wildman–Crippen MR) is 74.3 cm³/mol. The van der Waals surface area contributed by atoms with E-state index in [1.54, 1.807) is 0 Å². The first-order chi connectivity index (χ1) is 9.11. The van der Waals surface area contributed by atoms with Gasteiger partial charge in [-0.25, -0.2) is 0 Å². The van der Waals surface area contributed by atoms with E-state index in [2.05, 4.69) is 6.92 Å². The molecule has 4 heteroatoms. The summed E-state index contributed by atoms with van der Waals surface area (Å²) in [5, 5.41) is 10.9. The average molecular weight is 263 g/mol. The second-order valence-corrected chi connectivity index (χ2v) is 5.38. The summed E-state index contributed by atoms with van der Waals surface area (Å²) in [6, 6.07) is 5.99. The van der Waals surface area contributed by atoms with E-state index in [0.717, 1.165) is 36.1 Å². The van der Waals surface area contributed by atoms with Crippen molar-refractivity contribution in [3.8, 4) is 5.75 Å². The zero-order valence-corrected chi connectivity index (χ0v) is 11.6. The number of nitro groups is 1. The number of aryl methyl sites for hydroxylation is 1. The molecular weight excluding hydrogens is 242 g/mol. The van der Waals surface area contributed by atoms with Gasteiger partial charge in [0.1, 0.15) is 5.75 Å². The van der Waals surface area contributed by atoms with E-state index < -0.39 is 0 Å². The van der Waals surface area contributed by atoms with Crippen LogP contribution >= 0.6 is 0 Å². The number of hydrogen-bond donors (Lipinski definition) is 0. The Labute approximate surface area is 113 Å². The number of benzene rings is 1. The predicted octanol–water partition coefficient (Wildman–Crippen LogP) is 3.55. The summed E-state index contributed by atoms with van der Waals surface area (Å²) in [5.41, 5.74) is 2.14. The Morgan fingerprint density at radius 1 is 1.47 bits per heavy atom. The summed E-state index contributed by atoms with van der Waals surface area (Å²) >= 11 is 0. The first kappa shape index (κ1) is 13.8. The van der Waals surface area contributed by atoms with Crippen LogP contribution in [0.15, 0.2) is 18.2 Å². The van der Waals surface area contributed by atoms with Crippen molar-refractivity contribution in [3.05, 3.63) is 39.4 Å². The van der Waals surface area contributed by atoms with E-state index in [9.17, 15) is 10.1 Å². The molecule has 0 saturated carbocycles. The number of nitrogens with zero attached hydrogens (tertiary/aromatic N) is 1. The molecule has 0 spiro atoms. The van der Waals surface area contributed by atoms with Gasteiger partial charge in [-0.2, -0.15) is 0 Å². The van der Waals surface area contributed by atoms with E-state index in [-0.39, 0.29) is 23.3 Å². The van der Waals surface area contributed by atoms with Crippen LogP contribution in [0.4, 0.5) is 0 Å². The maximum absolute atomic E-state index is 10.9. The van der Waals surface area contributed by atoms with Crippen molar-refractivity contribution in [2.45, 2.75) is 39.0 Å². The Morgan fingerprint density at radius 2 is 2.26 bits per heavy atom. The summed E-state index contributed by atoms with van der Waals surface area (Å²) in [6.07, 6.45) is 3.22. The third-order valence-electron chi connectivity index (χ3n) is 3.86. The summed E-state index contributed by atoms with van der Waals surface area (Å²) in [7, 11) is 0. The number of hydrogen-bond acceptors (Lipinski definition) is 3. The van der Waals surface area contributed by atoms with Gasteiger partial charge in [-0.05, 0) is 25.0 Å². The van der Waals surface area contributed by atoms with E-state index in [1.165, 1.54) is 0 Å². The Hall–Kier alpha value is -1.58. The Kier molecular flexibility index (Phi) is 4.40. The molecule has 0 saturated heterocycles. The van der Waals surface area contributed by atoms with E-state index in [0.29, 0.717) is 6.61 Å². The van der Waals surface area contributed by atoms with Crippen LogP contribution in [0.3, 0.4) is 0 Å². The van der Waals surface area contributed by atoms with Gasteiger partial charge >= 0.3 is 0 Å². The van der Waals surface area contributed by atoms with Crippen molar-refractivity contribution in [3.63, 3.8) is 0 Å². The van der Waals surface area contributed by atoms with Crippen molar-refractivity contribution >= 4 is 0 Å². The summed E-state index contributed by atoms with van der Waals surface area (Å²) in [4.78, 5) is 10.7. The molecule has 0 N–H and O–H groups in total.